The van der Waals surface area contributed by atoms with Gasteiger partial charge in [0.25, 0.3) is 0 Å². The summed E-state index contributed by atoms with van der Waals surface area (Å²) < 4.78 is 4.75. The highest BCUT2D eigenvalue weighted by molar-refractivity contribution is 6.26. The van der Waals surface area contributed by atoms with Crippen LogP contribution in [-0.2, 0) is 0 Å². The van der Waals surface area contributed by atoms with E-state index >= 15 is 0 Å². The molecule has 0 radical (unpaired) electrons. The van der Waals surface area contributed by atoms with Crippen LogP contribution in [0, 0.1) is 0 Å². The Balaban J connectivity index is 1.22. The molecular formula is C51H35N5. The van der Waals surface area contributed by atoms with Crippen LogP contribution in [0.3, 0.4) is 0 Å². The Kier molecular flexibility index (Phi) is 7.56. The molecule has 0 aliphatic heterocycles. The van der Waals surface area contributed by atoms with E-state index in [1.807, 2.05) is 24.3 Å². The lowest BCUT2D eigenvalue weighted by atomic mass is 9.89. The second-order valence-corrected chi connectivity index (χ2v) is 14.4. The molecule has 0 amide bonds. The molecule has 0 saturated heterocycles. The molecule has 3 heterocycles. The van der Waals surface area contributed by atoms with Crippen molar-refractivity contribution in [3.63, 3.8) is 0 Å². The highest BCUT2D eigenvalue weighted by Gasteiger charge is 2.26. The van der Waals surface area contributed by atoms with Crippen LogP contribution >= 0.6 is 0 Å². The first-order chi connectivity index (χ1) is 27.8. The number of fused-ring (bicyclic) bond motifs is 7. The van der Waals surface area contributed by atoms with Crippen LogP contribution in [0.25, 0.3) is 89.2 Å². The summed E-state index contributed by atoms with van der Waals surface area (Å²) in [5.41, 5.74) is 11.1. The minimum absolute atomic E-state index is 0.216. The molecule has 0 N–H and O–H groups in total. The van der Waals surface area contributed by atoms with Crippen molar-refractivity contribution >= 4 is 49.3 Å². The van der Waals surface area contributed by atoms with E-state index in [4.69, 9.17) is 15.0 Å². The predicted octanol–water partition coefficient (Wildman–Crippen LogP) is 12.7. The molecule has 1 atom stereocenters. The summed E-state index contributed by atoms with van der Waals surface area (Å²) in [6.45, 7) is 0. The van der Waals surface area contributed by atoms with Gasteiger partial charge in [0.2, 0.25) is 5.95 Å². The molecule has 0 fully saturated rings. The highest BCUT2D eigenvalue weighted by Crippen LogP contribution is 2.45. The van der Waals surface area contributed by atoms with Gasteiger partial charge in [-0.15, -0.1) is 0 Å². The molecule has 1 unspecified atom stereocenters. The van der Waals surface area contributed by atoms with Gasteiger partial charge in [-0.05, 0) is 53.5 Å². The topological polar surface area (TPSA) is 48.5 Å². The molecule has 264 valence electrons. The van der Waals surface area contributed by atoms with Crippen LogP contribution in [0.1, 0.15) is 17.9 Å². The van der Waals surface area contributed by atoms with Crippen LogP contribution in [-0.4, -0.2) is 24.1 Å². The second-order valence-electron chi connectivity index (χ2n) is 14.4. The van der Waals surface area contributed by atoms with E-state index in [1.165, 1.54) is 27.5 Å². The molecule has 1 aliphatic rings. The summed E-state index contributed by atoms with van der Waals surface area (Å²) in [6, 6.07) is 62.1. The number of benzene rings is 7. The largest absolute Gasteiger partial charge is 0.312 e. The molecule has 5 heteroatoms. The van der Waals surface area contributed by atoms with Crippen LogP contribution in [0.5, 0.6) is 0 Å². The maximum Gasteiger partial charge on any atom is 0.238 e. The number of allylic oxidation sites excluding steroid dienone is 4. The minimum Gasteiger partial charge on any atom is -0.312 e. The number of rotatable bonds is 6. The maximum absolute atomic E-state index is 5.36. The van der Waals surface area contributed by atoms with Crippen molar-refractivity contribution in [2.45, 2.75) is 12.3 Å². The Morgan fingerprint density at radius 1 is 0.446 bits per heavy atom. The zero-order valence-electron chi connectivity index (χ0n) is 30.5. The van der Waals surface area contributed by atoms with Crippen LogP contribution < -0.4 is 0 Å². The van der Waals surface area contributed by atoms with E-state index in [1.54, 1.807) is 0 Å². The third-order valence-corrected chi connectivity index (χ3v) is 11.1. The normalized spacial score (nSPS) is 14.2. The molecule has 0 spiro atoms. The van der Waals surface area contributed by atoms with Gasteiger partial charge in [0.1, 0.15) is 0 Å². The predicted molar refractivity (Wildman–Crippen MR) is 231 cm³/mol. The first-order valence-electron chi connectivity index (χ1n) is 19.2. The average Bonchev–Trinajstić information content (AvgIpc) is 3.80. The first kappa shape index (κ1) is 32.1. The Bertz CT molecular complexity index is 3150. The van der Waals surface area contributed by atoms with Crippen molar-refractivity contribution in [3.8, 4) is 39.9 Å². The average molecular weight is 718 g/mol. The fourth-order valence-electron chi connectivity index (χ4n) is 8.61. The van der Waals surface area contributed by atoms with Gasteiger partial charge < -0.3 is 4.57 Å². The van der Waals surface area contributed by atoms with Gasteiger partial charge in [0, 0.05) is 44.3 Å². The standard InChI is InChI=1S/C51H35N5/c1-4-17-34(18-5-1)37-23-16-24-38(33-37)50-52-49(36-21-8-3-9-22-36)53-51(54-50)56-44-29-14-11-26-40(44)41-31-32-46-47(48(41)56)42-27-12-15-30-45(42)55(46)43-28-13-10-25-39(43)35-19-6-2-7-20-35/h1-24,26-33,39H,25H2. The van der Waals surface area contributed by atoms with Gasteiger partial charge in [-0.25, -0.2) is 4.98 Å². The molecule has 5 nitrogen and oxygen atoms in total. The van der Waals surface area contributed by atoms with Gasteiger partial charge in [-0.2, -0.15) is 9.97 Å². The van der Waals surface area contributed by atoms with Gasteiger partial charge in [0.05, 0.1) is 22.1 Å². The van der Waals surface area contributed by atoms with Crippen molar-refractivity contribution < 1.29 is 0 Å². The Morgan fingerprint density at radius 3 is 1.82 bits per heavy atom. The molecule has 0 saturated carbocycles. The lowest BCUT2D eigenvalue weighted by molar-refractivity contribution is 0.830. The number of hydrogen-bond donors (Lipinski definition) is 0. The van der Waals surface area contributed by atoms with Crippen molar-refractivity contribution in [2.24, 2.45) is 0 Å². The van der Waals surface area contributed by atoms with Crippen LogP contribution in [0.2, 0.25) is 0 Å². The summed E-state index contributed by atoms with van der Waals surface area (Å²) in [5.74, 6) is 2.04. The van der Waals surface area contributed by atoms with Gasteiger partial charge in [0.15, 0.2) is 11.6 Å². The van der Waals surface area contributed by atoms with E-state index in [2.05, 4.69) is 179 Å². The Hall–Kier alpha value is -7.37. The number of para-hydroxylation sites is 2. The maximum atomic E-state index is 5.36. The minimum atomic E-state index is 0.216. The van der Waals surface area contributed by atoms with Gasteiger partial charge in [-0.1, -0.05) is 164 Å². The zero-order valence-corrected chi connectivity index (χ0v) is 30.5. The summed E-state index contributed by atoms with van der Waals surface area (Å²) in [6.07, 6.45) is 7.72. The van der Waals surface area contributed by atoms with Crippen molar-refractivity contribution in [2.75, 3.05) is 0 Å². The summed E-state index contributed by atoms with van der Waals surface area (Å²) in [4.78, 5) is 15.8. The van der Waals surface area contributed by atoms with Crippen LogP contribution in [0.15, 0.2) is 194 Å². The molecule has 11 rings (SSSR count). The van der Waals surface area contributed by atoms with Gasteiger partial charge in [-0.3, -0.25) is 4.57 Å². The summed E-state index contributed by atoms with van der Waals surface area (Å²) in [5, 5.41) is 4.67. The van der Waals surface area contributed by atoms with E-state index < -0.39 is 0 Å². The third kappa shape index (κ3) is 5.20. The van der Waals surface area contributed by atoms with Gasteiger partial charge >= 0.3 is 0 Å². The molecule has 1 aliphatic carbocycles. The molecule has 10 aromatic rings. The smallest absolute Gasteiger partial charge is 0.238 e. The zero-order chi connectivity index (χ0) is 37.0. The van der Waals surface area contributed by atoms with E-state index in [-0.39, 0.29) is 5.92 Å². The molecular weight excluding hydrogens is 683 g/mol. The third-order valence-electron chi connectivity index (χ3n) is 11.1. The molecule has 0 bridgehead atoms. The highest BCUT2D eigenvalue weighted by atomic mass is 15.2. The lowest BCUT2D eigenvalue weighted by Gasteiger charge is -2.24. The number of hydrogen-bond acceptors (Lipinski definition) is 3. The Morgan fingerprint density at radius 2 is 1.05 bits per heavy atom. The van der Waals surface area contributed by atoms with Crippen molar-refractivity contribution in [1.82, 2.24) is 24.1 Å². The SMILES string of the molecule is C1=CCC(c2ccccc2)C(n2c3ccccc3c3c2ccc2c4ccccc4n(-c4nc(-c5ccccc5)nc(-c5cccc(-c6ccccc6)c5)n4)c23)=C1. The summed E-state index contributed by atoms with van der Waals surface area (Å²) >= 11 is 0. The van der Waals surface area contributed by atoms with E-state index in [9.17, 15) is 0 Å². The fraction of sp³-hybridized carbons (Fsp3) is 0.0392. The van der Waals surface area contributed by atoms with Crippen molar-refractivity contribution in [3.05, 3.63) is 200 Å². The molecule has 56 heavy (non-hydrogen) atoms. The quantitative estimate of drug-likeness (QED) is 0.172. The molecule has 7 aromatic carbocycles. The van der Waals surface area contributed by atoms with Crippen LogP contribution in [0.4, 0.5) is 0 Å². The lowest BCUT2D eigenvalue weighted by Crippen LogP contribution is -2.10. The first-order valence-corrected chi connectivity index (χ1v) is 19.2. The number of nitrogens with zero attached hydrogens (tertiary/aromatic N) is 5. The monoisotopic (exact) mass is 717 g/mol. The number of aromatic nitrogens is 5. The van der Waals surface area contributed by atoms with E-state index in [0.29, 0.717) is 17.6 Å². The Labute approximate surface area is 324 Å². The second kappa shape index (κ2) is 13.2. The van der Waals surface area contributed by atoms with Crippen molar-refractivity contribution in [1.29, 1.82) is 0 Å². The molecule has 3 aromatic heterocycles. The summed E-state index contributed by atoms with van der Waals surface area (Å²) in [7, 11) is 0. The fourth-order valence-corrected chi connectivity index (χ4v) is 8.61. The van der Waals surface area contributed by atoms with E-state index in [0.717, 1.165) is 56.0 Å².